The topological polar surface area (TPSA) is 76.7 Å². The van der Waals surface area contributed by atoms with Gasteiger partial charge < -0.3 is 9.84 Å². The number of rotatable bonds is 7. The maximum absolute atomic E-state index is 12.9. The largest absolute Gasteiger partial charge is 0.338 e. The van der Waals surface area contributed by atoms with Crippen LogP contribution in [-0.4, -0.2) is 20.3 Å². The molecule has 0 atom stereocenters. The van der Waals surface area contributed by atoms with E-state index in [0.717, 1.165) is 22.3 Å². The summed E-state index contributed by atoms with van der Waals surface area (Å²) in [6, 6.07) is 6.09. The molecular weight excluding hydrogens is 349 g/mol. The van der Waals surface area contributed by atoms with Crippen LogP contribution in [-0.2, 0) is 12.2 Å². The van der Waals surface area contributed by atoms with E-state index in [1.807, 2.05) is 0 Å². The summed E-state index contributed by atoms with van der Waals surface area (Å²) in [5, 5.41) is 15.9. The lowest BCUT2D eigenvalue weighted by Crippen LogP contribution is -1.96. The van der Waals surface area contributed by atoms with Crippen LogP contribution in [0, 0.1) is 11.7 Å². The van der Waals surface area contributed by atoms with Crippen molar-refractivity contribution in [3.8, 4) is 0 Å². The van der Waals surface area contributed by atoms with Crippen molar-refractivity contribution in [1.82, 2.24) is 20.3 Å². The molecule has 0 aliphatic rings. The normalized spacial score (nSPS) is 11.2. The number of nitrogens with zero attached hydrogens (tertiary/aromatic N) is 4. The van der Waals surface area contributed by atoms with Crippen molar-refractivity contribution in [2.24, 2.45) is 5.92 Å². The summed E-state index contributed by atoms with van der Waals surface area (Å²) in [5.41, 5.74) is 0.763. The first-order valence-electron chi connectivity index (χ1n) is 7.39. The number of anilines is 2. The van der Waals surface area contributed by atoms with Crippen molar-refractivity contribution in [2.75, 3.05) is 5.32 Å². The van der Waals surface area contributed by atoms with Gasteiger partial charge in [-0.3, -0.25) is 0 Å². The summed E-state index contributed by atoms with van der Waals surface area (Å²) in [6.07, 6.45) is 0.804. The third-order valence-corrected chi connectivity index (χ3v) is 4.88. The molecule has 0 fully saturated rings. The Kier molecular flexibility index (Phi) is 5.41. The van der Waals surface area contributed by atoms with Gasteiger partial charge in [0, 0.05) is 12.1 Å². The van der Waals surface area contributed by atoms with Gasteiger partial charge in [0.15, 0.2) is 10.2 Å². The molecule has 0 saturated heterocycles. The number of aromatic nitrogens is 4. The standard InChI is InChI=1S/C15H16FN5OS2/c1-9(2)7-12-18-13(22-21-12)8-23-15-20-19-14(24-15)17-11-5-3-10(16)4-6-11/h3-6,9H,7-8H2,1-2H3,(H,17,19). The van der Waals surface area contributed by atoms with Crippen LogP contribution in [0.25, 0.3) is 0 Å². The summed E-state index contributed by atoms with van der Waals surface area (Å²) in [4.78, 5) is 4.35. The second kappa shape index (κ2) is 7.71. The molecule has 2 aromatic heterocycles. The minimum Gasteiger partial charge on any atom is -0.338 e. The van der Waals surface area contributed by atoms with Gasteiger partial charge >= 0.3 is 0 Å². The highest BCUT2D eigenvalue weighted by Gasteiger charge is 2.11. The van der Waals surface area contributed by atoms with Crippen molar-refractivity contribution >= 4 is 33.9 Å². The zero-order valence-electron chi connectivity index (χ0n) is 13.2. The fourth-order valence-corrected chi connectivity index (χ4v) is 3.51. The Labute approximate surface area is 146 Å². The van der Waals surface area contributed by atoms with Gasteiger partial charge in [-0.1, -0.05) is 42.1 Å². The van der Waals surface area contributed by atoms with E-state index in [1.54, 1.807) is 12.1 Å². The Morgan fingerprint density at radius 1 is 1.25 bits per heavy atom. The molecule has 1 aromatic carbocycles. The summed E-state index contributed by atoms with van der Waals surface area (Å²) < 4.78 is 18.9. The van der Waals surface area contributed by atoms with E-state index in [1.165, 1.54) is 35.2 Å². The van der Waals surface area contributed by atoms with E-state index < -0.39 is 0 Å². The summed E-state index contributed by atoms with van der Waals surface area (Å²) in [6.45, 7) is 4.23. The fraction of sp³-hybridized carbons (Fsp3) is 0.333. The minimum atomic E-state index is -0.273. The van der Waals surface area contributed by atoms with Gasteiger partial charge in [0.25, 0.3) is 0 Å². The predicted octanol–water partition coefficient (Wildman–Crippen LogP) is 4.29. The Bertz CT molecular complexity index is 787. The Morgan fingerprint density at radius 2 is 2.04 bits per heavy atom. The van der Waals surface area contributed by atoms with Crippen molar-refractivity contribution in [3.05, 3.63) is 41.8 Å². The molecule has 1 N–H and O–H groups in total. The van der Waals surface area contributed by atoms with Crippen LogP contribution in [0.15, 0.2) is 33.1 Å². The van der Waals surface area contributed by atoms with Crippen molar-refractivity contribution in [2.45, 2.75) is 30.4 Å². The van der Waals surface area contributed by atoms with Crippen LogP contribution in [0.5, 0.6) is 0 Å². The second-order valence-electron chi connectivity index (χ2n) is 5.50. The van der Waals surface area contributed by atoms with E-state index >= 15 is 0 Å². The zero-order chi connectivity index (χ0) is 16.9. The minimum absolute atomic E-state index is 0.273. The molecule has 9 heteroatoms. The van der Waals surface area contributed by atoms with Crippen LogP contribution in [0.2, 0.25) is 0 Å². The quantitative estimate of drug-likeness (QED) is 0.626. The van der Waals surface area contributed by atoms with Gasteiger partial charge in [-0.25, -0.2) is 4.39 Å². The SMILES string of the molecule is CC(C)Cc1noc(CSc2nnc(Nc3ccc(F)cc3)s2)n1. The second-order valence-corrected chi connectivity index (χ2v) is 7.70. The van der Waals surface area contributed by atoms with Crippen molar-refractivity contribution in [3.63, 3.8) is 0 Å². The number of halogens is 1. The third kappa shape index (κ3) is 4.75. The van der Waals surface area contributed by atoms with Gasteiger partial charge in [-0.05, 0) is 30.2 Å². The molecule has 6 nitrogen and oxygen atoms in total. The maximum atomic E-state index is 12.9. The van der Waals surface area contributed by atoms with Gasteiger partial charge in [0.1, 0.15) is 5.82 Å². The van der Waals surface area contributed by atoms with E-state index in [9.17, 15) is 4.39 Å². The average molecular weight is 365 g/mol. The van der Waals surface area contributed by atoms with Crippen LogP contribution in [0.3, 0.4) is 0 Å². The molecule has 0 radical (unpaired) electrons. The van der Waals surface area contributed by atoms with Crippen LogP contribution >= 0.6 is 23.1 Å². The molecule has 2 heterocycles. The van der Waals surface area contributed by atoms with Gasteiger partial charge in [-0.2, -0.15) is 4.98 Å². The maximum Gasteiger partial charge on any atom is 0.237 e. The van der Waals surface area contributed by atoms with E-state index in [-0.39, 0.29) is 5.82 Å². The predicted molar refractivity (Wildman–Crippen MR) is 92.0 cm³/mol. The lowest BCUT2D eigenvalue weighted by Gasteiger charge is -2.00. The Morgan fingerprint density at radius 3 is 2.79 bits per heavy atom. The number of hydrogen-bond acceptors (Lipinski definition) is 8. The Balaban J connectivity index is 1.54. The van der Waals surface area contributed by atoms with Crippen LogP contribution < -0.4 is 5.32 Å². The Hall–Kier alpha value is -2.00. The molecule has 3 aromatic rings. The molecule has 3 rings (SSSR count). The van der Waals surface area contributed by atoms with E-state index in [0.29, 0.717) is 22.7 Å². The van der Waals surface area contributed by atoms with Gasteiger partial charge in [0.05, 0.1) is 5.75 Å². The molecule has 0 amide bonds. The molecule has 0 aliphatic heterocycles. The molecule has 0 bridgehead atoms. The number of benzene rings is 1. The first kappa shape index (κ1) is 16.8. The van der Waals surface area contributed by atoms with Crippen molar-refractivity contribution in [1.29, 1.82) is 0 Å². The summed E-state index contributed by atoms with van der Waals surface area (Å²) in [5.74, 6) is 2.09. The highest BCUT2D eigenvalue weighted by molar-refractivity contribution is 8.00. The molecule has 0 unspecified atom stereocenters. The number of hydrogen-bond donors (Lipinski definition) is 1. The highest BCUT2D eigenvalue weighted by Crippen LogP contribution is 2.29. The monoisotopic (exact) mass is 365 g/mol. The first-order valence-corrected chi connectivity index (χ1v) is 9.19. The van der Waals surface area contributed by atoms with Crippen molar-refractivity contribution < 1.29 is 8.91 Å². The van der Waals surface area contributed by atoms with E-state index in [4.69, 9.17) is 4.52 Å². The number of thioether (sulfide) groups is 1. The average Bonchev–Trinajstić information content (AvgIpc) is 3.16. The summed E-state index contributed by atoms with van der Waals surface area (Å²) in [7, 11) is 0. The number of nitrogens with one attached hydrogen (secondary N) is 1. The molecule has 0 saturated carbocycles. The molecule has 0 spiro atoms. The van der Waals surface area contributed by atoms with E-state index in [2.05, 4.69) is 39.5 Å². The van der Waals surface area contributed by atoms with Gasteiger partial charge in [0.2, 0.25) is 11.0 Å². The van der Waals surface area contributed by atoms with Crippen LogP contribution in [0.1, 0.15) is 25.6 Å². The summed E-state index contributed by atoms with van der Waals surface area (Å²) >= 11 is 2.90. The molecule has 0 aliphatic carbocycles. The molecule has 24 heavy (non-hydrogen) atoms. The first-order chi connectivity index (χ1) is 11.6. The highest BCUT2D eigenvalue weighted by atomic mass is 32.2. The smallest absolute Gasteiger partial charge is 0.237 e. The zero-order valence-corrected chi connectivity index (χ0v) is 14.8. The fourth-order valence-electron chi connectivity index (χ4n) is 1.90. The lowest BCUT2D eigenvalue weighted by atomic mass is 10.1. The van der Waals surface area contributed by atoms with Crippen LogP contribution in [0.4, 0.5) is 15.2 Å². The van der Waals surface area contributed by atoms with Gasteiger partial charge in [-0.15, -0.1) is 10.2 Å². The third-order valence-electron chi connectivity index (χ3n) is 2.92. The molecule has 126 valence electrons. The lowest BCUT2D eigenvalue weighted by molar-refractivity contribution is 0.382. The molecular formula is C15H16FN5OS2.